The molecular formula is C19H23N3O2S. The maximum Gasteiger partial charge on any atom is 0.265 e. The van der Waals surface area contributed by atoms with Gasteiger partial charge in [-0.05, 0) is 49.4 Å². The number of carbonyl (C=O) groups is 1. The second kappa shape index (κ2) is 7.54. The van der Waals surface area contributed by atoms with Crippen LogP contribution < -0.4 is 10.2 Å². The van der Waals surface area contributed by atoms with Crippen molar-refractivity contribution in [1.82, 2.24) is 4.98 Å². The normalized spacial score (nSPS) is 17.7. The van der Waals surface area contributed by atoms with Gasteiger partial charge in [0.15, 0.2) is 5.82 Å². The molecule has 1 N–H and O–H groups in total. The van der Waals surface area contributed by atoms with Crippen molar-refractivity contribution >= 4 is 28.7 Å². The summed E-state index contributed by atoms with van der Waals surface area (Å²) in [7, 11) is 0. The molecule has 0 spiro atoms. The lowest BCUT2D eigenvalue weighted by Gasteiger charge is -2.29. The number of carbonyl (C=O) groups excluding carboxylic acids is 1. The lowest BCUT2D eigenvalue weighted by atomic mass is 10.1. The minimum Gasteiger partial charge on any atom is -0.378 e. The molecule has 4 rings (SSSR count). The number of thiophene rings is 1. The summed E-state index contributed by atoms with van der Waals surface area (Å²) in [5.74, 6) is 0.804. The number of nitrogens with zero attached hydrogens (tertiary/aromatic N) is 2. The maximum atomic E-state index is 12.8. The second-order valence-electron chi connectivity index (χ2n) is 6.55. The van der Waals surface area contributed by atoms with E-state index in [4.69, 9.17) is 4.74 Å². The molecular weight excluding hydrogens is 334 g/mol. The summed E-state index contributed by atoms with van der Waals surface area (Å²) in [6.07, 6.45) is 7.74. The molecule has 1 fully saturated rings. The van der Waals surface area contributed by atoms with Crippen LogP contribution >= 0.6 is 11.3 Å². The maximum absolute atomic E-state index is 12.8. The van der Waals surface area contributed by atoms with E-state index < -0.39 is 0 Å². The van der Waals surface area contributed by atoms with E-state index in [1.54, 1.807) is 17.5 Å². The summed E-state index contributed by atoms with van der Waals surface area (Å²) in [5.41, 5.74) is 2.14. The van der Waals surface area contributed by atoms with Gasteiger partial charge < -0.3 is 15.0 Å². The van der Waals surface area contributed by atoms with Gasteiger partial charge in [0.05, 0.1) is 23.8 Å². The van der Waals surface area contributed by atoms with Crippen molar-refractivity contribution in [2.45, 2.75) is 32.1 Å². The lowest BCUT2D eigenvalue weighted by Crippen LogP contribution is -2.37. The molecule has 1 aliphatic heterocycles. The molecule has 25 heavy (non-hydrogen) atoms. The third-order valence-electron chi connectivity index (χ3n) is 4.82. The molecule has 1 saturated heterocycles. The third kappa shape index (κ3) is 3.70. The van der Waals surface area contributed by atoms with E-state index in [9.17, 15) is 4.79 Å². The van der Waals surface area contributed by atoms with E-state index >= 15 is 0 Å². The predicted octanol–water partition coefficient (Wildman–Crippen LogP) is 3.50. The Kier molecular flexibility index (Phi) is 4.99. The fourth-order valence-corrected chi connectivity index (χ4v) is 4.63. The molecule has 6 heteroatoms. The molecule has 1 aliphatic carbocycles. The average molecular weight is 357 g/mol. The van der Waals surface area contributed by atoms with E-state index in [0.717, 1.165) is 42.3 Å². The largest absolute Gasteiger partial charge is 0.378 e. The molecule has 2 aliphatic rings. The summed E-state index contributed by atoms with van der Waals surface area (Å²) in [6, 6.07) is 5.88. The Labute approximate surface area is 152 Å². The van der Waals surface area contributed by atoms with Crippen LogP contribution in [0.25, 0.3) is 0 Å². The van der Waals surface area contributed by atoms with Crippen LogP contribution in [0.1, 0.15) is 39.4 Å². The van der Waals surface area contributed by atoms with Crippen LogP contribution in [0.4, 0.5) is 11.5 Å². The van der Waals surface area contributed by atoms with E-state index in [0.29, 0.717) is 13.2 Å². The Balaban J connectivity index is 1.53. The van der Waals surface area contributed by atoms with Gasteiger partial charge in [0.1, 0.15) is 0 Å². The fourth-order valence-electron chi connectivity index (χ4n) is 3.48. The second-order valence-corrected chi connectivity index (χ2v) is 7.68. The minimum atomic E-state index is -0.0272. The molecule has 0 unspecified atom stereocenters. The van der Waals surface area contributed by atoms with Gasteiger partial charge in [-0.25, -0.2) is 4.98 Å². The number of nitrogens with one attached hydrogen (secondary N) is 1. The van der Waals surface area contributed by atoms with Gasteiger partial charge in [0.2, 0.25) is 0 Å². The molecule has 0 atom stereocenters. The highest BCUT2D eigenvalue weighted by molar-refractivity contribution is 7.14. The van der Waals surface area contributed by atoms with Crippen LogP contribution in [0.2, 0.25) is 0 Å². The molecule has 1 amide bonds. The Morgan fingerprint density at radius 2 is 2.04 bits per heavy atom. The van der Waals surface area contributed by atoms with Gasteiger partial charge in [-0.3, -0.25) is 4.79 Å². The number of morpholine rings is 1. The van der Waals surface area contributed by atoms with Crippen LogP contribution in [0.5, 0.6) is 0 Å². The summed E-state index contributed by atoms with van der Waals surface area (Å²) >= 11 is 1.65. The Bertz CT molecular complexity index is 729. The molecule has 2 aromatic rings. The number of fused-ring (bicyclic) bond motifs is 1. The van der Waals surface area contributed by atoms with E-state index in [-0.39, 0.29) is 5.91 Å². The smallest absolute Gasteiger partial charge is 0.265 e. The SMILES string of the molecule is O=C(Nc1cccnc1N1CCOCC1)c1cc2c(s1)CCCCC2. The van der Waals surface area contributed by atoms with Crippen molar-refractivity contribution in [2.75, 3.05) is 36.5 Å². The van der Waals surface area contributed by atoms with Crippen molar-refractivity contribution in [3.05, 3.63) is 39.7 Å². The van der Waals surface area contributed by atoms with Gasteiger partial charge in [0, 0.05) is 24.2 Å². The number of hydrogen-bond acceptors (Lipinski definition) is 5. The monoisotopic (exact) mass is 357 g/mol. The molecule has 2 aromatic heterocycles. The van der Waals surface area contributed by atoms with Gasteiger partial charge in [0.25, 0.3) is 5.91 Å². The Morgan fingerprint density at radius 1 is 1.20 bits per heavy atom. The Hall–Kier alpha value is -1.92. The lowest BCUT2D eigenvalue weighted by molar-refractivity contribution is 0.103. The number of aromatic nitrogens is 1. The van der Waals surface area contributed by atoms with Crippen LogP contribution in [0.3, 0.4) is 0 Å². The average Bonchev–Trinajstić information content (AvgIpc) is 2.94. The molecule has 132 valence electrons. The number of anilines is 2. The quantitative estimate of drug-likeness (QED) is 0.854. The number of hydrogen-bond donors (Lipinski definition) is 1. The molecule has 3 heterocycles. The van der Waals surface area contributed by atoms with Crippen LogP contribution in [-0.2, 0) is 17.6 Å². The zero-order valence-corrected chi connectivity index (χ0v) is 15.1. The number of rotatable bonds is 3. The summed E-state index contributed by atoms with van der Waals surface area (Å²) in [6.45, 7) is 2.99. The standard InChI is InChI=1S/C19H23N3O2S/c23-19(17-13-14-5-2-1-3-7-16(14)25-17)21-15-6-4-8-20-18(15)22-9-11-24-12-10-22/h4,6,8,13H,1-3,5,7,9-12H2,(H,21,23). The number of ether oxygens (including phenoxy) is 1. The summed E-state index contributed by atoms with van der Waals surface area (Å²) < 4.78 is 5.41. The van der Waals surface area contributed by atoms with E-state index in [2.05, 4.69) is 21.3 Å². The van der Waals surface area contributed by atoms with E-state index in [1.165, 1.54) is 29.7 Å². The minimum absolute atomic E-state index is 0.0272. The number of aryl methyl sites for hydroxylation is 2. The topological polar surface area (TPSA) is 54.5 Å². The molecule has 0 radical (unpaired) electrons. The van der Waals surface area contributed by atoms with Crippen LogP contribution in [0.15, 0.2) is 24.4 Å². The zero-order chi connectivity index (χ0) is 17.1. The highest BCUT2D eigenvalue weighted by Crippen LogP contribution is 2.30. The first-order valence-electron chi connectivity index (χ1n) is 9.02. The first-order chi connectivity index (χ1) is 12.3. The van der Waals surface area contributed by atoms with Crippen molar-refractivity contribution in [3.8, 4) is 0 Å². The first-order valence-corrected chi connectivity index (χ1v) is 9.83. The molecule has 5 nitrogen and oxygen atoms in total. The number of amides is 1. The van der Waals surface area contributed by atoms with Crippen molar-refractivity contribution in [3.63, 3.8) is 0 Å². The Morgan fingerprint density at radius 3 is 2.92 bits per heavy atom. The van der Waals surface area contributed by atoms with Gasteiger partial charge >= 0.3 is 0 Å². The highest BCUT2D eigenvalue weighted by Gasteiger charge is 2.20. The number of pyridine rings is 1. The zero-order valence-electron chi connectivity index (χ0n) is 14.3. The third-order valence-corrected chi connectivity index (χ3v) is 6.05. The highest BCUT2D eigenvalue weighted by atomic mass is 32.1. The predicted molar refractivity (Wildman–Crippen MR) is 101 cm³/mol. The summed E-state index contributed by atoms with van der Waals surface area (Å²) in [5, 5.41) is 3.08. The van der Waals surface area contributed by atoms with Crippen LogP contribution in [0, 0.1) is 0 Å². The van der Waals surface area contributed by atoms with Crippen LogP contribution in [-0.4, -0.2) is 37.2 Å². The van der Waals surface area contributed by atoms with Gasteiger partial charge in [-0.1, -0.05) is 6.42 Å². The van der Waals surface area contributed by atoms with Gasteiger partial charge in [-0.15, -0.1) is 11.3 Å². The van der Waals surface area contributed by atoms with Crippen molar-refractivity contribution in [2.24, 2.45) is 0 Å². The van der Waals surface area contributed by atoms with Crippen molar-refractivity contribution in [1.29, 1.82) is 0 Å². The van der Waals surface area contributed by atoms with Crippen molar-refractivity contribution < 1.29 is 9.53 Å². The fraction of sp³-hybridized carbons (Fsp3) is 0.474. The molecule has 0 bridgehead atoms. The molecule has 0 saturated carbocycles. The first kappa shape index (κ1) is 16.5. The van der Waals surface area contributed by atoms with Gasteiger partial charge in [-0.2, -0.15) is 0 Å². The van der Waals surface area contributed by atoms with E-state index in [1.807, 2.05) is 12.1 Å². The molecule has 0 aromatic carbocycles. The summed E-state index contributed by atoms with van der Waals surface area (Å²) in [4.78, 5) is 21.6.